The van der Waals surface area contributed by atoms with E-state index in [1.807, 2.05) is 52.0 Å². The molecule has 49 heavy (non-hydrogen) atoms. The molecule has 1 aromatic heterocycles. The van der Waals surface area contributed by atoms with E-state index in [1.54, 1.807) is 20.8 Å². The molecule has 1 aliphatic heterocycles. The number of amides is 5. The van der Waals surface area contributed by atoms with E-state index in [0.29, 0.717) is 6.42 Å². The normalized spacial score (nSPS) is 17.9. The third kappa shape index (κ3) is 9.48. The Morgan fingerprint density at radius 3 is 2.10 bits per heavy atom. The highest BCUT2D eigenvalue weighted by Gasteiger charge is 2.44. The molecule has 13 heteroatoms. The fourth-order valence-corrected chi connectivity index (χ4v) is 5.79. The predicted molar refractivity (Wildman–Crippen MR) is 182 cm³/mol. The number of carbonyl (C=O) groups excluding carboxylic acids is 6. The lowest BCUT2D eigenvalue weighted by Gasteiger charge is -2.42. The standard InChI is InChI=1S/C36H49N7O6/c1-8-11-24(27(44)32(47)39-23-14-15-23)40-31(46)26-18-21-12-9-10-13-22(21)20-43(26)34(49)29(36(5,6)7)42-33(48)28(35(2,3)4)41-30(45)25-19-37-16-17-38-25/h9-10,12-13,16-17,19,23-24,26,28-29H,8,11,14-15,18,20H2,1-7H3,(H,39,47)(H,40,46)(H,41,45)(H,42,48)/t24-,26-,28+,29+/m0/s1. The van der Waals surface area contributed by atoms with Crippen molar-refractivity contribution in [1.82, 2.24) is 36.1 Å². The van der Waals surface area contributed by atoms with Crippen molar-refractivity contribution in [2.24, 2.45) is 10.8 Å². The summed E-state index contributed by atoms with van der Waals surface area (Å²) >= 11 is 0. The summed E-state index contributed by atoms with van der Waals surface area (Å²) in [4.78, 5) is 90.7. The largest absolute Gasteiger partial charge is 0.347 e. The van der Waals surface area contributed by atoms with Crippen LogP contribution in [0.2, 0.25) is 0 Å². The van der Waals surface area contributed by atoms with Crippen molar-refractivity contribution in [3.05, 3.63) is 59.7 Å². The fraction of sp³-hybridized carbons (Fsp3) is 0.556. The molecule has 0 spiro atoms. The van der Waals surface area contributed by atoms with Gasteiger partial charge in [0.1, 0.15) is 23.8 Å². The summed E-state index contributed by atoms with van der Waals surface area (Å²) in [6.45, 7) is 12.8. The molecule has 0 radical (unpaired) electrons. The van der Waals surface area contributed by atoms with Crippen LogP contribution in [0.5, 0.6) is 0 Å². The van der Waals surface area contributed by atoms with Crippen LogP contribution < -0.4 is 21.3 Å². The first-order valence-corrected chi connectivity index (χ1v) is 16.9. The topological polar surface area (TPSA) is 180 Å². The zero-order valence-electron chi connectivity index (χ0n) is 29.5. The second kappa shape index (κ2) is 15.3. The van der Waals surface area contributed by atoms with Crippen LogP contribution in [0.4, 0.5) is 0 Å². The second-order valence-corrected chi connectivity index (χ2v) is 15.1. The van der Waals surface area contributed by atoms with Crippen molar-refractivity contribution in [2.45, 2.75) is 117 Å². The maximum Gasteiger partial charge on any atom is 0.289 e. The molecule has 5 amide bonds. The molecular formula is C36H49N7O6. The Balaban J connectivity index is 1.61. The summed E-state index contributed by atoms with van der Waals surface area (Å²) < 4.78 is 0. The minimum absolute atomic E-state index is 0.0138. The molecule has 2 aliphatic rings. The Bertz CT molecular complexity index is 1560. The quantitative estimate of drug-likeness (QED) is 0.247. The van der Waals surface area contributed by atoms with Gasteiger partial charge in [0.25, 0.3) is 11.8 Å². The van der Waals surface area contributed by atoms with Crippen LogP contribution in [0.3, 0.4) is 0 Å². The molecule has 264 valence electrons. The number of hydrogen-bond acceptors (Lipinski definition) is 8. The highest BCUT2D eigenvalue weighted by molar-refractivity contribution is 6.38. The lowest BCUT2D eigenvalue weighted by Crippen LogP contribution is -2.64. The number of rotatable bonds is 12. The third-order valence-corrected chi connectivity index (χ3v) is 8.78. The molecule has 1 aliphatic carbocycles. The van der Waals surface area contributed by atoms with Crippen LogP contribution in [-0.4, -0.2) is 80.4 Å². The van der Waals surface area contributed by atoms with Gasteiger partial charge < -0.3 is 26.2 Å². The molecule has 1 saturated carbocycles. The zero-order valence-corrected chi connectivity index (χ0v) is 29.5. The van der Waals surface area contributed by atoms with Gasteiger partial charge in [-0.25, -0.2) is 4.98 Å². The summed E-state index contributed by atoms with van der Waals surface area (Å²) in [6.07, 6.45) is 6.73. The molecule has 4 N–H and O–H groups in total. The second-order valence-electron chi connectivity index (χ2n) is 15.1. The lowest BCUT2D eigenvalue weighted by atomic mass is 9.82. The van der Waals surface area contributed by atoms with Crippen LogP contribution in [0, 0.1) is 10.8 Å². The monoisotopic (exact) mass is 675 g/mol. The Kier molecular flexibility index (Phi) is 11.6. The summed E-state index contributed by atoms with van der Waals surface area (Å²) in [6, 6.07) is 3.26. The molecule has 0 saturated heterocycles. The van der Waals surface area contributed by atoms with Crippen molar-refractivity contribution < 1.29 is 28.8 Å². The number of carbonyl (C=O) groups is 6. The maximum atomic E-state index is 14.6. The molecule has 4 atom stereocenters. The van der Waals surface area contributed by atoms with Crippen LogP contribution in [0.25, 0.3) is 0 Å². The average Bonchev–Trinajstić information content (AvgIpc) is 3.87. The maximum absolute atomic E-state index is 14.6. The highest BCUT2D eigenvalue weighted by Crippen LogP contribution is 2.29. The number of aromatic nitrogens is 2. The van der Waals surface area contributed by atoms with E-state index in [4.69, 9.17) is 0 Å². The van der Waals surface area contributed by atoms with Crippen LogP contribution in [0.1, 0.15) is 95.8 Å². The first-order valence-electron chi connectivity index (χ1n) is 16.9. The van der Waals surface area contributed by atoms with E-state index < -0.39 is 70.3 Å². The van der Waals surface area contributed by atoms with E-state index >= 15 is 0 Å². The predicted octanol–water partition coefficient (Wildman–Crippen LogP) is 2.24. The Morgan fingerprint density at radius 2 is 1.53 bits per heavy atom. The van der Waals surface area contributed by atoms with Crippen molar-refractivity contribution in [3.63, 3.8) is 0 Å². The summed E-state index contributed by atoms with van der Waals surface area (Å²) in [5.74, 6) is -3.66. The number of fused-ring (bicyclic) bond motifs is 1. The molecule has 4 rings (SSSR count). The summed E-state index contributed by atoms with van der Waals surface area (Å²) in [5, 5.41) is 11.1. The van der Waals surface area contributed by atoms with Crippen molar-refractivity contribution in [1.29, 1.82) is 0 Å². The van der Waals surface area contributed by atoms with Crippen molar-refractivity contribution in [3.8, 4) is 0 Å². The summed E-state index contributed by atoms with van der Waals surface area (Å²) in [5.41, 5.74) is 0.203. The van der Waals surface area contributed by atoms with Gasteiger partial charge in [0.2, 0.25) is 23.5 Å². The van der Waals surface area contributed by atoms with Crippen LogP contribution in [-0.2, 0) is 36.9 Å². The van der Waals surface area contributed by atoms with Gasteiger partial charge in [0, 0.05) is 31.4 Å². The van der Waals surface area contributed by atoms with Gasteiger partial charge in [0.05, 0.1) is 12.2 Å². The van der Waals surface area contributed by atoms with Gasteiger partial charge in [-0.2, -0.15) is 0 Å². The highest BCUT2D eigenvalue weighted by atomic mass is 16.2. The van der Waals surface area contributed by atoms with Crippen molar-refractivity contribution in [2.75, 3.05) is 0 Å². The Hall–Kier alpha value is -4.68. The Labute approximate surface area is 287 Å². The fourth-order valence-electron chi connectivity index (χ4n) is 5.79. The molecule has 2 aromatic rings. The van der Waals surface area contributed by atoms with Crippen LogP contribution in [0.15, 0.2) is 42.9 Å². The van der Waals surface area contributed by atoms with E-state index in [9.17, 15) is 28.8 Å². The van der Waals surface area contributed by atoms with Crippen LogP contribution >= 0.6 is 0 Å². The molecular weight excluding hydrogens is 626 g/mol. The van der Waals surface area contributed by atoms with Gasteiger partial charge >= 0.3 is 0 Å². The third-order valence-electron chi connectivity index (χ3n) is 8.78. The SMILES string of the molecule is CCC[C@H](NC(=O)[C@@H]1Cc2ccccc2CN1C(=O)[C@@H](NC(=O)[C@@H](NC(=O)c1cnccn1)C(C)(C)C)C(C)(C)C)C(=O)C(=O)NC1CC1. The minimum Gasteiger partial charge on any atom is -0.347 e. The van der Waals surface area contributed by atoms with Gasteiger partial charge in [-0.3, -0.25) is 33.8 Å². The Morgan fingerprint density at radius 1 is 0.878 bits per heavy atom. The number of nitrogens with zero attached hydrogens (tertiary/aromatic N) is 3. The number of benzene rings is 1. The zero-order chi connectivity index (χ0) is 36.1. The van der Waals surface area contributed by atoms with Gasteiger partial charge in [-0.1, -0.05) is 79.2 Å². The first-order chi connectivity index (χ1) is 23.0. The van der Waals surface area contributed by atoms with E-state index in [-0.39, 0.29) is 31.1 Å². The average molecular weight is 676 g/mol. The number of hydrogen-bond donors (Lipinski definition) is 4. The number of nitrogens with one attached hydrogen (secondary N) is 4. The lowest BCUT2D eigenvalue weighted by molar-refractivity contribution is -0.148. The molecule has 13 nitrogen and oxygen atoms in total. The molecule has 1 aromatic carbocycles. The van der Waals surface area contributed by atoms with Gasteiger partial charge in [0.15, 0.2) is 0 Å². The smallest absolute Gasteiger partial charge is 0.289 e. The van der Waals surface area contributed by atoms with Crippen molar-refractivity contribution >= 4 is 35.3 Å². The van der Waals surface area contributed by atoms with Gasteiger partial charge in [-0.05, 0) is 41.2 Å². The molecule has 2 heterocycles. The van der Waals surface area contributed by atoms with E-state index in [1.165, 1.54) is 23.5 Å². The minimum atomic E-state index is -1.10. The number of ketones is 1. The first kappa shape index (κ1) is 37.1. The molecule has 1 fully saturated rings. The summed E-state index contributed by atoms with van der Waals surface area (Å²) in [7, 11) is 0. The molecule has 0 unspecified atom stereocenters. The van der Waals surface area contributed by atoms with Gasteiger partial charge in [-0.15, -0.1) is 0 Å². The van der Waals surface area contributed by atoms with E-state index in [0.717, 1.165) is 24.0 Å². The number of Topliss-reactive ketones (excluding diaryl/α,β-unsaturated/α-hetero) is 1. The van der Waals surface area contributed by atoms with E-state index in [2.05, 4.69) is 31.2 Å². The molecule has 0 bridgehead atoms.